The highest BCUT2D eigenvalue weighted by Gasteiger charge is 2.21. The van der Waals surface area contributed by atoms with Crippen LogP contribution in [0.1, 0.15) is 23.5 Å². The number of benzene rings is 2. The summed E-state index contributed by atoms with van der Waals surface area (Å²) in [5.74, 6) is -1.24. The Balaban J connectivity index is 1.89. The monoisotopic (exact) mass is 357 g/mol. The van der Waals surface area contributed by atoms with Gasteiger partial charge in [-0.3, -0.25) is 9.59 Å². The average molecular weight is 357 g/mol. The lowest BCUT2D eigenvalue weighted by atomic mass is 9.98. The van der Waals surface area contributed by atoms with E-state index in [1.807, 2.05) is 30.3 Å². The zero-order chi connectivity index (χ0) is 18.9. The smallest absolute Gasteiger partial charge is 0.229 e. The Bertz CT molecular complexity index is 737. The second-order valence-electron chi connectivity index (χ2n) is 6.14. The highest BCUT2D eigenvalue weighted by atomic mass is 19.1. The van der Waals surface area contributed by atoms with Crippen LogP contribution in [0, 0.1) is 5.82 Å². The van der Waals surface area contributed by atoms with E-state index in [0.29, 0.717) is 5.56 Å². The number of nitrogens with two attached hydrogens (primary N) is 1. The number of nitrogens with one attached hydrogen (secondary N) is 2. The second kappa shape index (κ2) is 9.68. The molecule has 0 saturated heterocycles. The predicted octanol–water partition coefficient (Wildman–Crippen LogP) is 1.73. The summed E-state index contributed by atoms with van der Waals surface area (Å²) in [5.41, 5.74) is 7.28. The number of likely N-dealkylation sites (N-methyl/N-ethyl adjacent to an activating group) is 1. The first-order valence-corrected chi connectivity index (χ1v) is 8.53. The summed E-state index contributed by atoms with van der Waals surface area (Å²) < 4.78 is 13.7. The third-order valence-corrected chi connectivity index (χ3v) is 4.16. The van der Waals surface area contributed by atoms with Gasteiger partial charge < -0.3 is 16.4 Å². The number of rotatable bonds is 8. The molecule has 0 radical (unpaired) electrons. The molecule has 0 unspecified atom stereocenters. The van der Waals surface area contributed by atoms with Gasteiger partial charge >= 0.3 is 0 Å². The van der Waals surface area contributed by atoms with E-state index in [1.165, 1.54) is 6.07 Å². The molecule has 138 valence electrons. The molecule has 0 bridgehead atoms. The van der Waals surface area contributed by atoms with Crippen molar-refractivity contribution < 1.29 is 14.0 Å². The van der Waals surface area contributed by atoms with Gasteiger partial charge in [0, 0.05) is 26.1 Å². The molecule has 2 aromatic rings. The highest BCUT2D eigenvalue weighted by Crippen LogP contribution is 2.15. The first-order valence-electron chi connectivity index (χ1n) is 8.53. The minimum Gasteiger partial charge on any atom is -0.359 e. The van der Waals surface area contributed by atoms with Crippen molar-refractivity contribution in [1.82, 2.24) is 10.6 Å². The van der Waals surface area contributed by atoms with E-state index in [-0.39, 0.29) is 37.0 Å². The molecule has 6 heteroatoms. The number of hydrogen-bond donors (Lipinski definition) is 3. The van der Waals surface area contributed by atoms with Gasteiger partial charge in [-0.15, -0.1) is 0 Å². The van der Waals surface area contributed by atoms with Crippen molar-refractivity contribution in [3.05, 3.63) is 71.5 Å². The standard InChI is InChI=1S/C20H24FN3O2/c1-23-20(26)17(14-7-3-2-4-8-14)13-24-19(25)12-16(22)11-15-9-5-6-10-18(15)21/h2-10,16-17H,11-13,22H2,1H3,(H,23,26)(H,24,25)/t16-,17-/m1/s1. The van der Waals surface area contributed by atoms with E-state index < -0.39 is 12.0 Å². The second-order valence-corrected chi connectivity index (χ2v) is 6.14. The van der Waals surface area contributed by atoms with Crippen molar-refractivity contribution in [1.29, 1.82) is 0 Å². The van der Waals surface area contributed by atoms with Crippen molar-refractivity contribution >= 4 is 11.8 Å². The van der Waals surface area contributed by atoms with E-state index >= 15 is 0 Å². The summed E-state index contributed by atoms with van der Waals surface area (Å²) in [6, 6.07) is 15.1. The van der Waals surface area contributed by atoms with Gasteiger partial charge in [0.15, 0.2) is 0 Å². The van der Waals surface area contributed by atoms with Gasteiger partial charge in [-0.25, -0.2) is 4.39 Å². The van der Waals surface area contributed by atoms with E-state index in [9.17, 15) is 14.0 Å². The van der Waals surface area contributed by atoms with Crippen LogP contribution < -0.4 is 16.4 Å². The van der Waals surface area contributed by atoms with Crippen LogP contribution in [-0.4, -0.2) is 31.4 Å². The normalized spacial score (nSPS) is 12.9. The molecule has 0 heterocycles. The van der Waals surface area contributed by atoms with Crippen LogP contribution in [0.3, 0.4) is 0 Å². The average Bonchev–Trinajstić information content (AvgIpc) is 2.64. The fourth-order valence-electron chi connectivity index (χ4n) is 2.77. The molecule has 0 fully saturated rings. The maximum absolute atomic E-state index is 13.7. The summed E-state index contributed by atoms with van der Waals surface area (Å²) in [4.78, 5) is 24.3. The van der Waals surface area contributed by atoms with Crippen LogP contribution in [0.15, 0.2) is 54.6 Å². The molecular formula is C20H24FN3O2. The number of amides is 2. The Hall–Kier alpha value is -2.73. The molecule has 4 N–H and O–H groups in total. The minimum absolute atomic E-state index is 0.0591. The summed E-state index contributed by atoms with van der Waals surface area (Å²) >= 11 is 0. The zero-order valence-corrected chi connectivity index (χ0v) is 14.7. The molecule has 5 nitrogen and oxygen atoms in total. The number of hydrogen-bond acceptors (Lipinski definition) is 3. The van der Waals surface area contributed by atoms with Crippen LogP contribution in [-0.2, 0) is 16.0 Å². The molecule has 0 spiro atoms. The Kier molecular flexibility index (Phi) is 7.29. The molecule has 0 aliphatic heterocycles. The summed E-state index contributed by atoms with van der Waals surface area (Å²) in [5, 5.41) is 5.36. The van der Waals surface area contributed by atoms with Gasteiger partial charge in [0.1, 0.15) is 5.82 Å². The predicted molar refractivity (Wildman–Crippen MR) is 99.0 cm³/mol. The van der Waals surface area contributed by atoms with Gasteiger partial charge in [0.25, 0.3) is 0 Å². The van der Waals surface area contributed by atoms with Crippen molar-refractivity contribution in [3.63, 3.8) is 0 Å². The molecular weight excluding hydrogens is 333 g/mol. The van der Waals surface area contributed by atoms with Crippen molar-refractivity contribution in [2.45, 2.75) is 24.8 Å². The molecule has 2 rings (SSSR count). The Morgan fingerprint density at radius 1 is 1.08 bits per heavy atom. The van der Waals surface area contributed by atoms with Gasteiger partial charge in [-0.2, -0.15) is 0 Å². The van der Waals surface area contributed by atoms with Gasteiger partial charge in [-0.05, 0) is 23.6 Å². The number of halogens is 1. The SMILES string of the molecule is CNC(=O)[C@H](CNC(=O)C[C@H](N)Cc1ccccc1F)c1ccccc1. The maximum atomic E-state index is 13.7. The maximum Gasteiger partial charge on any atom is 0.229 e. The van der Waals surface area contributed by atoms with Crippen LogP contribution in [0.25, 0.3) is 0 Å². The lowest BCUT2D eigenvalue weighted by Gasteiger charge is -2.18. The van der Waals surface area contributed by atoms with E-state index in [1.54, 1.807) is 25.2 Å². The van der Waals surface area contributed by atoms with Crippen LogP contribution in [0.4, 0.5) is 4.39 Å². The largest absolute Gasteiger partial charge is 0.359 e. The molecule has 2 amide bonds. The molecule has 26 heavy (non-hydrogen) atoms. The Morgan fingerprint density at radius 2 is 1.73 bits per heavy atom. The first kappa shape index (κ1) is 19.6. The Labute approximate surface area is 152 Å². The quantitative estimate of drug-likeness (QED) is 0.673. The molecule has 0 aromatic heterocycles. The van der Waals surface area contributed by atoms with E-state index in [2.05, 4.69) is 10.6 Å². The molecule has 0 aliphatic rings. The summed E-state index contributed by atoms with van der Waals surface area (Å²) in [7, 11) is 1.56. The molecule has 2 atom stereocenters. The van der Waals surface area contributed by atoms with Crippen molar-refractivity contribution in [2.24, 2.45) is 5.73 Å². The highest BCUT2D eigenvalue weighted by molar-refractivity contribution is 5.85. The molecule has 0 aliphatic carbocycles. The van der Waals surface area contributed by atoms with E-state index in [4.69, 9.17) is 5.73 Å². The van der Waals surface area contributed by atoms with Crippen LogP contribution in [0.2, 0.25) is 0 Å². The van der Waals surface area contributed by atoms with Gasteiger partial charge in [-0.1, -0.05) is 48.5 Å². The first-order chi connectivity index (χ1) is 12.5. The lowest BCUT2D eigenvalue weighted by Crippen LogP contribution is -2.38. The number of carbonyl (C=O) groups is 2. The summed E-state index contributed by atoms with van der Waals surface area (Å²) in [6.07, 6.45) is 0.335. The topological polar surface area (TPSA) is 84.2 Å². The van der Waals surface area contributed by atoms with E-state index in [0.717, 1.165) is 5.56 Å². The lowest BCUT2D eigenvalue weighted by molar-refractivity contribution is -0.123. The van der Waals surface area contributed by atoms with Crippen LogP contribution in [0.5, 0.6) is 0 Å². The molecule has 0 saturated carbocycles. The van der Waals surface area contributed by atoms with Gasteiger partial charge in [0.2, 0.25) is 11.8 Å². The molecule has 2 aromatic carbocycles. The summed E-state index contributed by atoms with van der Waals surface area (Å²) in [6.45, 7) is 0.176. The van der Waals surface area contributed by atoms with Crippen molar-refractivity contribution in [3.8, 4) is 0 Å². The fourth-order valence-corrected chi connectivity index (χ4v) is 2.77. The van der Waals surface area contributed by atoms with Crippen molar-refractivity contribution in [2.75, 3.05) is 13.6 Å². The third-order valence-electron chi connectivity index (χ3n) is 4.16. The van der Waals surface area contributed by atoms with Crippen LogP contribution >= 0.6 is 0 Å². The van der Waals surface area contributed by atoms with Gasteiger partial charge in [0.05, 0.1) is 5.92 Å². The zero-order valence-electron chi connectivity index (χ0n) is 14.7. The Morgan fingerprint density at radius 3 is 2.38 bits per heavy atom. The number of carbonyl (C=O) groups excluding carboxylic acids is 2. The third kappa shape index (κ3) is 5.67. The fraction of sp³-hybridized carbons (Fsp3) is 0.300. The minimum atomic E-state index is -0.498.